The molecule has 0 fully saturated rings. The second kappa shape index (κ2) is 5.78. The van der Waals surface area contributed by atoms with Gasteiger partial charge in [-0.3, -0.25) is 0 Å². The van der Waals surface area contributed by atoms with Gasteiger partial charge in [-0.1, -0.05) is 59.7 Å². The van der Waals surface area contributed by atoms with Crippen molar-refractivity contribution in [2.24, 2.45) is 0 Å². The number of aromatic carboxylic acids is 1. The molecule has 0 spiro atoms. The Kier molecular flexibility index (Phi) is 3.82. The van der Waals surface area contributed by atoms with E-state index in [4.69, 9.17) is 0 Å². The third kappa shape index (κ3) is 2.81. The average molecular weight is 308 g/mol. The van der Waals surface area contributed by atoms with Crippen LogP contribution in [0.25, 0.3) is 21.6 Å². The van der Waals surface area contributed by atoms with E-state index in [0.29, 0.717) is 4.88 Å². The lowest BCUT2D eigenvalue weighted by Crippen LogP contribution is -1.89. The summed E-state index contributed by atoms with van der Waals surface area (Å²) in [5, 5.41) is 9.32. The van der Waals surface area contributed by atoms with Crippen molar-refractivity contribution in [3.63, 3.8) is 0 Å². The van der Waals surface area contributed by atoms with E-state index < -0.39 is 5.97 Å². The Hall–Kier alpha value is -2.39. The Balaban J connectivity index is 2.17. The van der Waals surface area contributed by atoms with Crippen molar-refractivity contribution >= 4 is 17.3 Å². The zero-order chi connectivity index (χ0) is 15.7. The first kappa shape index (κ1) is 14.5. The maximum atomic E-state index is 11.3. The van der Waals surface area contributed by atoms with Crippen molar-refractivity contribution in [2.45, 2.75) is 13.8 Å². The van der Waals surface area contributed by atoms with E-state index in [2.05, 4.69) is 12.1 Å². The summed E-state index contributed by atoms with van der Waals surface area (Å²) in [5.41, 5.74) is 5.46. The predicted octanol–water partition coefficient (Wildman–Crippen LogP) is 5.40. The quantitative estimate of drug-likeness (QED) is 0.703. The molecule has 0 atom stereocenters. The molecular weight excluding hydrogens is 292 g/mol. The smallest absolute Gasteiger partial charge is 0.345 e. The van der Waals surface area contributed by atoms with Gasteiger partial charge >= 0.3 is 5.97 Å². The Bertz CT molecular complexity index is 749. The van der Waals surface area contributed by atoms with Gasteiger partial charge in [-0.25, -0.2) is 4.79 Å². The average Bonchev–Trinajstić information content (AvgIpc) is 2.94. The summed E-state index contributed by atoms with van der Waals surface area (Å²) < 4.78 is 0. The van der Waals surface area contributed by atoms with Crippen LogP contribution >= 0.6 is 11.3 Å². The van der Waals surface area contributed by atoms with Crippen molar-refractivity contribution in [3.8, 4) is 21.6 Å². The highest BCUT2D eigenvalue weighted by Crippen LogP contribution is 2.39. The van der Waals surface area contributed by atoms with Gasteiger partial charge in [0.1, 0.15) is 4.88 Å². The minimum atomic E-state index is -0.878. The van der Waals surface area contributed by atoms with Crippen molar-refractivity contribution in [2.75, 3.05) is 0 Å². The number of aryl methyl sites for hydroxylation is 2. The minimum Gasteiger partial charge on any atom is -0.477 e. The van der Waals surface area contributed by atoms with E-state index >= 15 is 0 Å². The standard InChI is InChI=1S/C19H16O2S/c1-12-3-7-14(8-4-12)16-11-17(19(20)21)22-18(16)15-9-5-13(2)6-10-15/h3-11H,1-2H3,(H,20,21). The zero-order valence-electron chi connectivity index (χ0n) is 12.5. The summed E-state index contributed by atoms with van der Waals surface area (Å²) in [6, 6.07) is 18.1. The molecule has 0 aliphatic carbocycles. The van der Waals surface area contributed by atoms with E-state index in [-0.39, 0.29) is 0 Å². The molecule has 3 rings (SSSR count). The van der Waals surface area contributed by atoms with Crippen LogP contribution in [-0.2, 0) is 0 Å². The van der Waals surface area contributed by atoms with Gasteiger partial charge in [-0.2, -0.15) is 0 Å². The van der Waals surface area contributed by atoms with E-state index in [0.717, 1.165) is 21.6 Å². The van der Waals surface area contributed by atoms with Gasteiger partial charge in [0.15, 0.2) is 0 Å². The minimum absolute atomic E-state index is 0.367. The zero-order valence-corrected chi connectivity index (χ0v) is 13.3. The number of hydrogen-bond acceptors (Lipinski definition) is 2. The second-order valence-electron chi connectivity index (χ2n) is 5.39. The molecule has 0 aliphatic rings. The topological polar surface area (TPSA) is 37.3 Å². The first-order chi connectivity index (χ1) is 10.5. The van der Waals surface area contributed by atoms with Crippen LogP contribution in [0.2, 0.25) is 0 Å². The molecule has 22 heavy (non-hydrogen) atoms. The summed E-state index contributed by atoms with van der Waals surface area (Å²) in [6.07, 6.45) is 0. The summed E-state index contributed by atoms with van der Waals surface area (Å²) >= 11 is 1.33. The van der Waals surface area contributed by atoms with Gasteiger partial charge in [-0.15, -0.1) is 11.3 Å². The van der Waals surface area contributed by atoms with Crippen LogP contribution in [0.1, 0.15) is 20.8 Å². The van der Waals surface area contributed by atoms with Crippen molar-refractivity contribution in [3.05, 3.63) is 70.6 Å². The molecule has 0 saturated carbocycles. The summed E-state index contributed by atoms with van der Waals surface area (Å²) in [6.45, 7) is 4.09. The van der Waals surface area contributed by atoms with Gasteiger partial charge < -0.3 is 5.11 Å². The first-order valence-electron chi connectivity index (χ1n) is 7.06. The molecule has 2 aromatic carbocycles. The largest absolute Gasteiger partial charge is 0.477 e. The Labute approximate surface area is 133 Å². The van der Waals surface area contributed by atoms with Gasteiger partial charge in [0.2, 0.25) is 0 Å². The van der Waals surface area contributed by atoms with Crippen LogP contribution < -0.4 is 0 Å². The molecule has 110 valence electrons. The lowest BCUT2D eigenvalue weighted by Gasteiger charge is -2.05. The number of benzene rings is 2. The molecule has 0 radical (unpaired) electrons. The molecule has 3 heteroatoms. The third-order valence-electron chi connectivity index (χ3n) is 3.62. The van der Waals surface area contributed by atoms with Crippen LogP contribution in [0.3, 0.4) is 0 Å². The molecule has 0 aliphatic heterocycles. The number of carboxylic acids is 1. The number of carboxylic acid groups (broad SMARTS) is 1. The van der Waals surface area contributed by atoms with Crippen LogP contribution in [0, 0.1) is 13.8 Å². The molecule has 1 N–H and O–H groups in total. The fourth-order valence-corrected chi connectivity index (χ4v) is 3.39. The first-order valence-corrected chi connectivity index (χ1v) is 7.87. The maximum Gasteiger partial charge on any atom is 0.345 e. The normalized spacial score (nSPS) is 10.6. The fourth-order valence-electron chi connectivity index (χ4n) is 2.36. The van der Waals surface area contributed by atoms with Crippen molar-refractivity contribution < 1.29 is 9.90 Å². The molecular formula is C19H16O2S. The van der Waals surface area contributed by atoms with Crippen molar-refractivity contribution in [1.82, 2.24) is 0 Å². The van der Waals surface area contributed by atoms with Crippen LogP contribution in [0.4, 0.5) is 0 Å². The molecule has 1 aromatic heterocycles. The number of rotatable bonds is 3. The lowest BCUT2D eigenvalue weighted by molar-refractivity contribution is 0.0702. The molecule has 0 amide bonds. The van der Waals surface area contributed by atoms with E-state index in [1.54, 1.807) is 6.07 Å². The number of hydrogen-bond donors (Lipinski definition) is 1. The Morgan fingerprint density at radius 3 is 1.86 bits per heavy atom. The molecule has 0 saturated heterocycles. The van der Waals surface area contributed by atoms with Crippen LogP contribution in [0.15, 0.2) is 54.6 Å². The highest BCUT2D eigenvalue weighted by atomic mass is 32.1. The third-order valence-corrected chi connectivity index (χ3v) is 4.79. The van der Waals surface area contributed by atoms with E-state index in [1.165, 1.54) is 22.5 Å². The fraction of sp³-hybridized carbons (Fsp3) is 0.105. The monoisotopic (exact) mass is 308 g/mol. The van der Waals surface area contributed by atoms with E-state index in [1.807, 2.05) is 50.2 Å². The van der Waals surface area contributed by atoms with Crippen molar-refractivity contribution in [1.29, 1.82) is 0 Å². The Morgan fingerprint density at radius 1 is 0.864 bits per heavy atom. The van der Waals surface area contributed by atoms with Gasteiger partial charge in [0.05, 0.1) is 0 Å². The Morgan fingerprint density at radius 2 is 1.36 bits per heavy atom. The number of carbonyl (C=O) groups is 1. The van der Waals surface area contributed by atoms with Gasteiger partial charge in [0.25, 0.3) is 0 Å². The molecule has 3 aromatic rings. The maximum absolute atomic E-state index is 11.3. The SMILES string of the molecule is Cc1ccc(-c2cc(C(=O)O)sc2-c2ccc(C)cc2)cc1. The van der Waals surface area contributed by atoms with Crippen LogP contribution in [-0.4, -0.2) is 11.1 Å². The van der Waals surface area contributed by atoms with Gasteiger partial charge in [-0.05, 0) is 31.0 Å². The van der Waals surface area contributed by atoms with Gasteiger partial charge in [0, 0.05) is 10.4 Å². The van der Waals surface area contributed by atoms with E-state index in [9.17, 15) is 9.90 Å². The summed E-state index contributed by atoms with van der Waals surface area (Å²) in [7, 11) is 0. The predicted molar refractivity (Wildman–Crippen MR) is 91.6 cm³/mol. The summed E-state index contributed by atoms with van der Waals surface area (Å²) in [4.78, 5) is 12.7. The molecule has 2 nitrogen and oxygen atoms in total. The summed E-state index contributed by atoms with van der Waals surface area (Å²) in [5.74, 6) is -0.878. The molecule has 0 unspecified atom stereocenters. The molecule has 1 heterocycles. The molecule has 0 bridgehead atoms. The lowest BCUT2D eigenvalue weighted by atomic mass is 10.0. The highest BCUT2D eigenvalue weighted by molar-refractivity contribution is 7.18. The number of thiophene rings is 1. The second-order valence-corrected chi connectivity index (χ2v) is 6.44. The van der Waals surface area contributed by atoms with Crippen LogP contribution in [0.5, 0.6) is 0 Å². The highest BCUT2D eigenvalue weighted by Gasteiger charge is 2.16.